The molecule has 84 valence electrons. The number of hydrogen-bond donors (Lipinski definition) is 1. The molecule has 2 heterocycles. The minimum atomic E-state index is -0.830. The van der Waals surface area contributed by atoms with Crippen molar-refractivity contribution in [2.45, 2.75) is 12.8 Å². The van der Waals surface area contributed by atoms with Crippen molar-refractivity contribution in [2.24, 2.45) is 0 Å². The molecule has 0 atom stereocenters. The molecule has 0 bridgehead atoms. The molecule has 2 aromatic heterocycles. The molecule has 16 heavy (non-hydrogen) atoms. The lowest BCUT2D eigenvalue weighted by Crippen LogP contribution is -1.97. The quantitative estimate of drug-likeness (QED) is 0.942. The van der Waals surface area contributed by atoms with E-state index in [1.54, 1.807) is 0 Å². The highest BCUT2D eigenvalue weighted by Crippen LogP contribution is 2.30. The molecule has 1 N–H and O–H groups in total. The van der Waals surface area contributed by atoms with Gasteiger partial charge in [0.15, 0.2) is 0 Å². The fourth-order valence-electron chi connectivity index (χ4n) is 1.20. The summed E-state index contributed by atoms with van der Waals surface area (Å²) in [6, 6.07) is 3.82. The first-order chi connectivity index (χ1) is 7.65. The Morgan fingerprint density at radius 3 is 3.00 bits per heavy atom. The first-order valence-electron chi connectivity index (χ1n) is 4.57. The van der Waals surface area contributed by atoms with Crippen molar-refractivity contribution >= 4 is 33.2 Å². The SMILES string of the molecule is O=C(O)CCc1coc(-c2ccc(Br)s2)n1. The molecule has 0 fully saturated rings. The Bertz CT molecular complexity index is 506. The normalized spacial score (nSPS) is 10.6. The van der Waals surface area contributed by atoms with Gasteiger partial charge >= 0.3 is 5.97 Å². The highest BCUT2D eigenvalue weighted by Gasteiger charge is 2.09. The topological polar surface area (TPSA) is 63.3 Å². The molecule has 0 radical (unpaired) electrons. The van der Waals surface area contributed by atoms with Gasteiger partial charge in [0, 0.05) is 6.42 Å². The van der Waals surface area contributed by atoms with Gasteiger partial charge in [-0.25, -0.2) is 4.98 Å². The molecule has 0 aliphatic carbocycles. The van der Waals surface area contributed by atoms with Crippen LogP contribution in [0.3, 0.4) is 0 Å². The minimum Gasteiger partial charge on any atom is -0.481 e. The van der Waals surface area contributed by atoms with Gasteiger partial charge in [0.1, 0.15) is 6.26 Å². The molecule has 0 unspecified atom stereocenters. The van der Waals surface area contributed by atoms with Gasteiger partial charge in [0.25, 0.3) is 0 Å². The second-order valence-corrected chi connectivity index (χ2v) is 5.60. The minimum absolute atomic E-state index is 0.0696. The molecule has 2 aromatic rings. The van der Waals surface area contributed by atoms with E-state index < -0.39 is 5.97 Å². The fourth-order valence-corrected chi connectivity index (χ4v) is 2.52. The van der Waals surface area contributed by atoms with E-state index in [-0.39, 0.29) is 6.42 Å². The van der Waals surface area contributed by atoms with Crippen molar-refractivity contribution < 1.29 is 14.3 Å². The Morgan fingerprint density at radius 2 is 2.38 bits per heavy atom. The first-order valence-corrected chi connectivity index (χ1v) is 6.18. The number of carbonyl (C=O) groups is 1. The van der Waals surface area contributed by atoms with Crippen LogP contribution in [0.1, 0.15) is 12.1 Å². The van der Waals surface area contributed by atoms with Crippen LogP contribution in [-0.4, -0.2) is 16.1 Å². The van der Waals surface area contributed by atoms with Gasteiger partial charge in [0.2, 0.25) is 5.89 Å². The summed E-state index contributed by atoms with van der Waals surface area (Å²) in [6.45, 7) is 0. The standard InChI is InChI=1S/C10H8BrNO3S/c11-8-3-2-7(16-8)10-12-6(5-15-10)1-4-9(13)14/h2-3,5H,1,4H2,(H,13,14). The number of aromatic nitrogens is 1. The Kier molecular flexibility index (Phi) is 3.40. The number of carboxylic acids is 1. The Labute approximate surface area is 104 Å². The summed E-state index contributed by atoms with van der Waals surface area (Å²) in [5.41, 5.74) is 0.668. The maximum Gasteiger partial charge on any atom is 0.303 e. The van der Waals surface area contributed by atoms with Crippen molar-refractivity contribution in [1.29, 1.82) is 0 Å². The lowest BCUT2D eigenvalue weighted by atomic mass is 10.2. The molecule has 0 amide bonds. The number of hydrogen-bond acceptors (Lipinski definition) is 4. The molecular weight excluding hydrogens is 294 g/mol. The molecule has 0 aliphatic heterocycles. The second-order valence-electron chi connectivity index (χ2n) is 3.14. The van der Waals surface area contributed by atoms with E-state index in [0.717, 1.165) is 8.66 Å². The molecule has 0 saturated carbocycles. The Hall–Kier alpha value is -1.14. The van der Waals surface area contributed by atoms with Crippen LogP contribution >= 0.6 is 27.3 Å². The van der Waals surface area contributed by atoms with Crippen LogP contribution in [0.2, 0.25) is 0 Å². The summed E-state index contributed by atoms with van der Waals surface area (Å²) in [5.74, 6) is -0.292. The third-order valence-corrected chi connectivity index (χ3v) is 3.54. The van der Waals surface area contributed by atoms with Crippen LogP contribution < -0.4 is 0 Å². The van der Waals surface area contributed by atoms with Crippen LogP contribution in [0.15, 0.2) is 26.6 Å². The smallest absolute Gasteiger partial charge is 0.303 e. The lowest BCUT2D eigenvalue weighted by Gasteiger charge is -1.89. The summed E-state index contributed by atoms with van der Waals surface area (Å²) in [5, 5.41) is 8.54. The van der Waals surface area contributed by atoms with Gasteiger partial charge in [-0.15, -0.1) is 11.3 Å². The van der Waals surface area contributed by atoms with Gasteiger partial charge < -0.3 is 9.52 Å². The zero-order valence-corrected chi connectivity index (χ0v) is 10.5. The average molecular weight is 302 g/mol. The van der Waals surface area contributed by atoms with Crippen LogP contribution in [0.4, 0.5) is 0 Å². The number of aryl methyl sites for hydroxylation is 1. The monoisotopic (exact) mass is 301 g/mol. The lowest BCUT2D eigenvalue weighted by molar-refractivity contribution is -0.136. The maximum atomic E-state index is 10.4. The molecular formula is C10H8BrNO3S. The number of nitrogens with zero attached hydrogens (tertiary/aromatic N) is 1. The van der Waals surface area contributed by atoms with Crippen LogP contribution in [-0.2, 0) is 11.2 Å². The number of thiophene rings is 1. The summed E-state index contributed by atoms with van der Waals surface area (Å²) in [6.07, 6.45) is 1.97. The summed E-state index contributed by atoms with van der Waals surface area (Å²) >= 11 is 4.88. The summed E-state index contributed by atoms with van der Waals surface area (Å²) < 4.78 is 6.29. The number of rotatable bonds is 4. The van der Waals surface area contributed by atoms with E-state index in [1.807, 2.05) is 12.1 Å². The van der Waals surface area contributed by atoms with Crippen molar-refractivity contribution in [2.75, 3.05) is 0 Å². The molecule has 0 saturated heterocycles. The highest BCUT2D eigenvalue weighted by molar-refractivity contribution is 9.11. The van der Waals surface area contributed by atoms with Crippen molar-refractivity contribution in [1.82, 2.24) is 4.98 Å². The third kappa shape index (κ3) is 2.70. The summed E-state index contributed by atoms with van der Waals surface area (Å²) in [4.78, 5) is 15.5. The third-order valence-electron chi connectivity index (χ3n) is 1.93. The molecule has 4 nitrogen and oxygen atoms in total. The average Bonchev–Trinajstić information content (AvgIpc) is 2.83. The highest BCUT2D eigenvalue weighted by atomic mass is 79.9. The van der Waals surface area contributed by atoms with Crippen LogP contribution in [0, 0.1) is 0 Å². The number of halogens is 1. The summed E-state index contributed by atoms with van der Waals surface area (Å²) in [7, 11) is 0. The zero-order chi connectivity index (χ0) is 11.5. The van der Waals surface area contributed by atoms with E-state index in [4.69, 9.17) is 9.52 Å². The number of aliphatic carboxylic acids is 1. The van der Waals surface area contributed by atoms with Gasteiger partial charge in [-0.1, -0.05) is 0 Å². The molecule has 0 aliphatic rings. The van der Waals surface area contributed by atoms with E-state index in [2.05, 4.69) is 20.9 Å². The van der Waals surface area contributed by atoms with E-state index in [0.29, 0.717) is 18.0 Å². The van der Waals surface area contributed by atoms with Crippen LogP contribution in [0.25, 0.3) is 10.8 Å². The van der Waals surface area contributed by atoms with Gasteiger partial charge in [-0.3, -0.25) is 4.79 Å². The van der Waals surface area contributed by atoms with E-state index >= 15 is 0 Å². The number of carboxylic acid groups (broad SMARTS) is 1. The molecule has 2 rings (SSSR count). The number of oxazole rings is 1. The van der Waals surface area contributed by atoms with E-state index in [9.17, 15) is 4.79 Å². The molecule has 0 aromatic carbocycles. The largest absolute Gasteiger partial charge is 0.481 e. The van der Waals surface area contributed by atoms with Gasteiger partial charge in [-0.05, 0) is 28.1 Å². The Morgan fingerprint density at radius 1 is 1.56 bits per heavy atom. The van der Waals surface area contributed by atoms with Gasteiger partial charge in [-0.2, -0.15) is 0 Å². The van der Waals surface area contributed by atoms with E-state index in [1.165, 1.54) is 17.6 Å². The predicted molar refractivity (Wildman–Crippen MR) is 63.5 cm³/mol. The molecule has 0 spiro atoms. The first kappa shape index (κ1) is 11.3. The molecule has 6 heteroatoms. The zero-order valence-electron chi connectivity index (χ0n) is 8.14. The Balaban J connectivity index is 2.10. The fraction of sp³-hybridized carbons (Fsp3) is 0.200. The predicted octanol–water partition coefficient (Wildman–Crippen LogP) is 3.18. The maximum absolute atomic E-state index is 10.4. The van der Waals surface area contributed by atoms with Crippen molar-refractivity contribution in [3.63, 3.8) is 0 Å². The van der Waals surface area contributed by atoms with Gasteiger partial charge in [0.05, 0.1) is 20.8 Å². The van der Waals surface area contributed by atoms with Crippen molar-refractivity contribution in [3.8, 4) is 10.8 Å². The van der Waals surface area contributed by atoms with Crippen molar-refractivity contribution in [3.05, 3.63) is 27.9 Å². The second kappa shape index (κ2) is 4.80. The van der Waals surface area contributed by atoms with Crippen LogP contribution in [0.5, 0.6) is 0 Å².